The maximum Gasteiger partial charge on any atom is 0.336 e. The Balaban J connectivity index is 1.71. The molecule has 0 unspecified atom stereocenters. The molecule has 26 heavy (non-hydrogen) atoms. The van der Waals surface area contributed by atoms with Crippen molar-refractivity contribution >= 4 is 11.9 Å². The number of aromatic carboxylic acids is 1. The quantitative estimate of drug-likeness (QED) is 0.859. The van der Waals surface area contributed by atoms with Crippen LogP contribution in [0.25, 0.3) is 11.1 Å². The van der Waals surface area contributed by atoms with Crippen molar-refractivity contribution in [1.82, 2.24) is 10.2 Å². The van der Waals surface area contributed by atoms with Gasteiger partial charge in [-0.15, -0.1) is 0 Å². The van der Waals surface area contributed by atoms with Crippen molar-refractivity contribution in [1.29, 1.82) is 0 Å². The van der Waals surface area contributed by atoms with E-state index in [2.05, 4.69) is 10.2 Å². The van der Waals surface area contributed by atoms with Gasteiger partial charge in [-0.3, -0.25) is 9.69 Å². The molecule has 1 aliphatic rings. The topological polar surface area (TPSA) is 78.9 Å². The van der Waals surface area contributed by atoms with E-state index in [9.17, 15) is 14.7 Å². The first kappa shape index (κ1) is 18.1. The summed E-state index contributed by atoms with van der Waals surface area (Å²) in [4.78, 5) is 25.3. The Morgan fingerprint density at radius 1 is 1.19 bits per heavy atom. The van der Waals surface area contributed by atoms with Crippen molar-refractivity contribution in [2.24, 2.45) is 0 Å². The molecular formula is C20H22N2O4. The van der Waals surface area contributed by atoms with E-state index < -0.39 is 12.1 Å². The molecule has 3 rings (SSSR count). The first-order chi connectivity index (χ1) is 12.6. The zero-order chi connectivity index (χ0) is 18.5. The van der Waals surface area contributed by atoms with Crippen LogP contribution in [0.3, 0.4) is 0 Å². The Hall–Kier alpha value is -2.70. The molecule has 1 atom stereocenters. The van der Waals surface area contributed by atoms with E-state index in [0.717, 1.165) is 24.2 Å². The smallest absolute Gasteiger partial charge is 0.336 e. The van der Waals surface area contributed by atoms with Crippen LogP contribution in [0.4, 0.5) is 0 Å². The molecule has 1 amide bonds. The summed E-state index contributed by atoms with van der Waals surface area (Å²) in [6.45, 7) is 2.58. The monoisotopic (exact) mass is 354 g/mol. The SMILES string of the molecule is CNC(=O)[C@H]1CN(Cc2ccc(-c3ccccc3C(=O)O)cc2)CCO1. The number of nitrogens with one attached hydrogen (secondary N) is 1. The third kappa shape index (κ3) is 4.09. The summed E-state index contributed by atoms with van der Waals surface area (Å²) in [5.74, 6) is -1.03. The molecule has 0 saturated carbocycles. The second-order valence-corrected chi connectivity index (χ2v) is 6.26. The molecule has 1 heterocycles. The van der Waals surface area contributed by atoms with E-state index >= 15 is 0 Å². The molecule has 0 aromatic heterocycles. The molecule has 1 aliphatic heterocycles. The van der Waals surface area contributed by atoms with Crippen molar-refractivity contribution in [3.63, 3.8) is 0 Å². The van der Waals surface area contributed by atoms with Gasteiger partial charge in [0.1, 0.15) is 6.10 Å². The highest BCUT2D eigenvalue weighted by atomic mass is 16.5. The molecule has 2 aromatic rings. The van der Waals surface area contributed by atoms with Crippen molar-refractivity contribution < 1.29 is 19.4 Å². The van der Waals surface area contributed by atoms with E-state index in [0.29, 0.717) is 24.3 Å². The molecular weight excluding hydrogens is 332 g/mol. The number of carboxylic acids is 1. The van der Waals surface area contributed by atoms with Crippen molar-refractivity contribution in [2.45, 2.75) is 12.6 Å². The van der Waals surface area contributed by atoms with Crippen LogP contribution in [0.1, 0.15) is 15.9 Å². The molecule has 2 N–H and O–H groups in total. The summed E-state index contributed by atoms with van der Waals surface area (Å²) in [6, 6.07) is 14.9. The van der Waals surface area contributed by atoms with E-state index in [4.69, 9.17) is 4.74 Å². The zero-order valence-corrected chi connectivity index (χ0v) is 14.6. The molecule has 1 saturated heterocycles. The normalized spacial score (nSPS) is 17.7. The Morgan fingerprint density at radius 3 is 2.62 bits per heavy atom. The summed E-state index contributed by atoms with van der Waals surface area (Å²) >= 11 is 0. The Labute approximate surface area is 152 Å². The van der Waals surface area contributed by atoms with E-state index in [1.54, 1.807) is 19.2 Å². The number of carbonyl (C=O) groups is 2. The second-order valence-electron chi connectivity index (χ2n) is 6.26. The Kier molecular flexibility index (Phi) is 5.65. The first-order valence-corrected chi connectivity index (χ1v) is 8.55. The number of rotatable bonds is 5. The highest BCUT2D eigenvalue weighted by molar-refractivity contribution is 5.95. The number of morpholine rings is 1. The minimum absolute atomic E-state index is 0.102. The summed E-state index contributed by atoms with van der Waals surface area (Å²) < 4.78 is 5.50. The minimum atomic E-state index is -0.932. The number of carboxylic acid groups (broad SMARTS) is 1. The lowest BCUT2D eigenvalue weighted by molar-refractivity contribution is -0.138. The predicted molar refractivity (Wildman–Crippen MR) is 97.9 cm³/mol. The first-order valence-electron chi connectivity index (χ1n) is 8.55. The molecule has 0 bridgehead atoms. The van der Waals surface area contributed by atoms with Gasteiger partial charge in [0.25, 0.3) is 0 Å². The predicted octanol–water partition coefficient (Wildman–Crippen LogP) is 2.00. The molecule has 1 fully saturated rings. The zero-order valence-electron chi connectivity index (χ0n) is 14.6. The van der Waals surface area contributed by atoms with Crippen LogP contribution in [0, 0.1) is 0 Å². The van der Waals surface area contributed by atoms with Gasteiger partial charge in [0.2, 0.25) is 5.91 Å². The largest absolute Gasteiger partial charge is 0.478 e. The maximum atomic E-state index is 11.7. The van der Waals surface area contributed by atoms with Crippen LogP contribution in [-0.2, 0) is 16.1 Å². The lowest BCUT2D eigenvalue weighted by Gasteiger charge is -2.31. The number of nitrogens with zero attached hydrogens (tertiary/aromatic N) is 1. The Morgan fingerprint density at radius 2 is 1.92 bits per heavy atom. The van der Waals surface area contributed by atoms with Gasteiger partial charge < -0.3 is 15.2 Å². The third-order valence-electron chi connectivity index (χ3n) is 4.52. The lowest BCUT2D eigenvalue weighted by atomic mass is 9.98. The molecule has 6 nitrogen and oxygen atoms in total. The maximum absolute atomic E-state index is 11.7. The van der Waals surface area contributed by atoms with Gasteiger partial charge in [0.05, 0.1) is 12.2 Å². The number of ether oxygens (including phenoxy) is 1. The van der Waals surface area contributed by atoms with E-state index in [1.807, 2.05) is 36.4 Å². The number of hydrogen-bond donors (Lipinski definition) is 2. The van der Waals surface area contributed by atoms with Gasteiger partial charge in [0.15, 0.2) is 0 Å². The lowest BCUT2D eigenvalue weighted by Crippen LogP contribution is -2.48. The van der Waals surface area contributed by atoms with Crippen molar-refractivity contribution in [2.75, 3.05) is 26.7 Å². The van der Waals surface area contributed by atoms with Crippen LogP contribution in [0.15, 0.2) is 48.5 Å². The van der Waals surface area contributed by atoms with Crippen molar-refractivity contribution in [3.05, 3.63) is 59.7 Å². The summed E-state index contributed by atoms with van der Waals surface area (Å²) in [5, 5.41) is 12.0. The molecule has 0 aliphatic carbocycles. The molecule has 136 valence electrons. The summed E-state index contributed by atoms with van der Waals surface area (Å²) in [5.41, 5.74) is 2.98. The summed E-state index contributed by atoms with van der Waals surface area (Å²) in [6.07, 6.45) is -0.435. The van der Waals surface area contributed by atoms with Gasteiger partial charge in [-0.2, -0.15) is 0 Å². The van der Waals surface area contributed by atoms with Gasteiger partial charge in [-0.1, -0.05) is 42.5 Å². The number of carbonyl (C=O) groups excluding carboxylic acids is 1. The van der Waals surface area contributed by atoms with E-state index in [1.165, 1.54) is 0 Å². The van der Waals surface area contributed by atoms with Crippen LogP contribution in [0.2, 0.25) is 0 Å². The van der Waals surface area contributed by atoms with Crippen LogP contribution >= 0.6 is 0 Å². The highest BCUT2D eigenvalue weighted by Gasteiger charge is 2.25. The molecule has 2 aromatic carbocycles. The highest BCUT2D eigenvalue weighted by Crippen LogP contribution is 2.24. The molecule has 0 spiro atoms. The van der Waals surface area contributed by atoms with Crippen LogP contribution in [0.5, 0.6) is 0 Å². The molecule has 0 radical (unpaired) electrons. The number of benzene rings is 2. The fourth-order valence-electron chi connectivity index (χ4n) is 3.14. The van der Waals surface area contributed by atoms with Gasteiger partial charge in [-0.05, 0) is 22.8 Å². The fraction of sp³-hybridized carbons (Fsp3) is 0.300. The van der Waals surface area contributed by atoms with Gasteiger partial charge in [0, 0.05) is 26.7 Å². The average Bonchev–Trinajstić information content (AvgIpc) is 2.68. The van der Waals surface area contributed by atoms with E-state index in [-0.39, 0.29) is 5.91 Å². The average molecular weight is 354 g/mol. The fourth-order valence-corrected chi connectivity index (χ4v) is 3.14. The van der Waals surface area contributed by atoms with Gasteiger partial charge in [-0.25, -0.2) is 4.79 Å². The number of hydrogen-bond acceptors (Lipinski definition) is 4. The Bertz CT molecular complexity index is 789. The minimum Gasteiger partial charge on any atom is -0.478 e. The number of amides is 1. The van der Waals surface area contributed by atoms with Crippen LogP contribution in [-0.4, -0.2) is 54.7 Å². The standard InChI is InChI=1S/C20H22N2O4/c1-21-19(23)18-13-22(10-11-26-18)12-14-6-8-15(9-7-14)16-4-2-3-5-17(16)20(24)25/h2-9,18H,10-13H2,1H3,(H,21,23)(H,24,25)/t18-/m1/s1. The van der Waals surface area contributed by atoms with Crippen molar-refractivity contribution in [3.8, 4) is 11.1 Å². The summed E-state index contributed by atoms with van der Waals surface area (Å²) in [7, 11) is 1.61. The third-order valence-corrected chi connectivity index (χ3v) is 4.52. The van der Waals surface area contributed by atoms with Gasteiger partial charge >= 0.3 is 5.97 Å². The second kappa shape index (κ2) is 8.12. The van der Waals surface area contributed by atoms with Crippen LogP contribution < -0.4 is 5.32 Å². The molecule has 6 heteroatoms. The number of likely N-dealkylation sites (N-methyl/N-ethyl adjacent to an activating group) is 1.